The quantitative estimate of drug-likeness (QED) is 0.760. The Morgan fingerprint density at radius 1 is 1.39 bits per heavy atom. The van der Waals surface area contributed by atoms with Crippen LogP contribution >= 0.6 is 11.8 Å². The zero-order valence-electron chi connectivity index (χ0n) is 11.3. The molecule has 102 valence electrons. The van der Waals surface area contributed by atoms with Crippen LogP contribution in [0.2, 0.25) is 0 Å². The van der Waals surface area contributed by atoms with Crippen molar-refractivity contribution in [3.63, 3.8) is 0 Å². The number of thioether (sulfide) groups is 1. The van der Waals surface area contributed by atoms with Gasteiger partial charge >= 0.3 is 0 Å². The van der Waals surface area contributed by atoms with Crippen LogP contribution in [0.3, 0.4) is 0 Å². The summed E-state index contributed by atoms with van der Waals surface area (Å²) in [5, 5.41) is 12.9. The highest BCUT2D eigenvalue weighted by molar-refractivity contribution is 7.99. The van der Waals surface area contributed by atoms with Crippen LogP contribution in [0, 0.1) is 0 Å². The van der Waals surface area contributed by atoms with E-state index in [0.29, 0.717) is 6.61 Å². The normalized spacial score (nSPS) is 14.2. The van der Waals surface area contributed by atoms with Gasteiger partial charge in [-0.1, -0.05) is 18.2 Å². The maximum Gasteiger partial charge on any atom is 0.123 e. The van der Waals surface area contributed by atoms with E-state index in [2.05, 4.69) is 18.3 Å². The van der Waals surface area contributed by atoms with Crippen molar-refractivity contribution in [2.24, 2.45) is 0 Å². The van der Waals surface area contributed by atoms with Crippen molar-refractivity contribution in [1.82, 2.24) is 5.32 Å². The smallest absolute Gasteiger partial charge is 0.123 e. The first-order chi connectivity index (χ1) is 8.72. The lowest BCUT2D eigenvalue weighted by molar-refractivity contribution is 0.275. The van der Waals surface area contributed by atoms with Gasteiger partial charge < -0.3 is 15.2 Å². The van der Waals surface area contributed by atoms with Crippen molar-refractivity contribution >= 4 is 11.8 Å². The average molecular weight is 269 g/mol. The SMILES string of the molecule is CCOc1ccccc1CNC(C)C(CO)SC. The number of ether oxygens (including phenoxy) is 1. The maximum absolute atomic E-state index is 9.25. The third kappa shape index (κ3) is 4.52. The molecular formula is C14H23NO2S. The lowest BCUT2D eigenvalue weighted by atomic mass is 10.1. The van der Waals surface area contributed by atoms with Crippen molar-refractivity contribution in [2.75, 3.05) is 19.5 Å². The van der Waals surface area contributed by atoms with Gasteiger partial charge in [0.05, 0.1) is 13.2 Å². The van der Waals surface area contributed by atoms with Gasteiger partial charge in [-0.25, -0.2) is 0 Å². The van der Waals surface area contributed by atoms with Crippen LogP contribution < -0.4 is 10.1 Å². The molecule has 2 unspecified atom stereocenters. The lowest BCUT2D eigenvalue weighted by Crippen LogP contribution is -2.37. The van der Waals surface area contributed by atoms with E-state index in [1.54, 1.807) is 11.8 Å². The lowest BCUT2D eigenvalue weighted by Gasteiger charge is -2.22. The van der Waals surface area contributed by atoms with E-state index in [4.69, 9.17) is 4.74 Å². The minimum Gasteiger partial charge on any atom is -0.494 e. The summed E-state index contributed by atoms with van der Waals surface area (Å²) in [6.45, 7) is 5.72. The van der Waals surface area contributed by atoms with E-state index < -0.39 is 0 Å². The van der Waals surface area contributed by atoms with E-state index in [9.17, 15) is 5.11 Å². The van der Waals surface area contributed by atoms with E-state index in [0.717, 1.165) is 17.9 Å². The van der Waals surface area contributed by atoms with Crippen molar-refractivity contribution in [3.8, 4) is 5.75 Å². The Morgan fingerprint density at radius 3 is 2.72 bits per heavy atom. The van der Waals surface area contributed by atoms with Gasteiger partial charge in [0, 0.05) is 23.4 Å². The summed E-state index contributed by atoms with van der Waals surface area (Å²) in [5.41, 5.74) is 1.16. The zero-order chi connectivity index (χ0) is 13.4. The van der Waals surface area contributed by atoms with E-state index in [1.807, 2.05) is 31.4 Å². The molecule has 2 N–H and O–H groups in total. The molecule has 0 aliphatic carbocycles. The largest absolute Gasteiger partial charge is 0.494 e. The van der Waals surface area contributed by atoms with Gasteiger partial charge in [0.1, 0.15) is 5.75 Å². The Balaban J connectivity index is 2.57. The fraction of sp³-hybridized carbons (Fsp3) is 0.571. The standard InChI is InChI=1S/C14H23NO2S/c1-4-17-13-8-6-5-7-12(13)9-15-11(2)14(10-16)18-3/h5-8,11,14-16H,4,9-10H2,1-3H3. The van der Waals surface area contributed by atoms with Crippen molar-refractivity contribution < 1.29 is 9.84 Å². The maximum atomic E-state index is 9.25. The highest BCUT2D eigenvalue weighted by Crippen LogP contribution is 2.18. The van der Waals surface area contributed by atoms with Crippen LogP contribution in [0.25, 0.3) is 0 Å². The summed E-state index contributed by atoms with van der Waals surface area (Å²) in [6.07, 6.45) is 2.02. The van der Waals surface area contributed by atoms with Crippen molar-refractivity contribution in [3.05, 3.63) is 29.8 Å². The summed E-state index contributed by atoms with van der Waals surface area (Å²) in [4.78, 5) is 0. The van der Waals surface area contributed by atoms with E-state index >= 15 is 0 Å². The van der Waals surface area contributed by atoms with Crippen LogP contribution in [0.1, 0.15) is 19.4 Å². The molecule has 0 saturated heterocycles. The van der Waals surface area contributed by atoms with Crippen molar-refractivity contribution in [1.29, 1.82) is 0 Å². The monoisotopic (exact) mass is 269 g/mol. The number of benzene rings is 1. The molecule has 3 nitrogen and oxygen atoms in total. The van der Waals surface area contributed by atoms with Gasteiger partial charge in [-0.3, -0.25) is 0 Å². The van der Waals surface area contributed by atoms with Crippen LogP contribution in [0.4, 0.5) is 0 Å². The van der Waals surface area contributed by atoms with Crippen LogP contribution in [0.5, 0.6) is 5.75 Å². The Morgan fingerprint density at radius 2 is 2.11 bits per heavy atom. The molecule has 0 heterocycles. The Labute approximate surface area is 114 Å². The molecule has 0 aliphatic heterocycles. The second-order valence-corrected chi connectivity index (χ2v) is 5.24. The first-order valence-electron chi connectivity index (χ1n) is 6.30. The fourth-order valence-corrected chi connectivity index (χ4v) is 2.44. The second-order valence-electron chi connectivity index (χ2n) is 4.17. The van der Waals surface area contributed by atoms with Gasteiger partial charge in [0.25, 0.3) is 0 Å². The minimum atomic E-state index is 0.197. The number of rotatable bonds is 8. The predicted octanol–water partition coefficient (Wildman–Crippen LogP) is 2.29. The van der Waals surface area contributed by atoms with Crippen LogP contribution in [0.15, 0.2) is 24.3 Å². The topological polar surface area (TPSA) is 41.5 Å². The molecule has 2 atom stereocenters. The highest BCUT2D eigenvalue weighted by atomic mass is 32.2. The summed E-state index contributed by atoms with van der Waals surface area (Å²) >= 11 is 1.68. The molecule has 1 aromatic carbocycles. The number of hydrogen-bond donors (Lipinski definition) is 2. The first-order valence-corrected chi connectivity index (χ1v) is 7.59. The summed E-state index contributed by atoms with van der Waals surface area (Å²) in [5.74, 6) is 0.935. The molecule has 0 bridgehead atoms. The second kappa shape index (κ2) is 8.40. The number of aliphatic hydroxyl groups excluding tert-OH is 1. The molecule has 0 amide bonds. The molecule has 0 aliphatic rings. The summed E-state index contributed by atoms with van der Waals surface area (Å²) in [7, 11) is 0. The number of nitrogens with one attached hydrogen (secondary N) is 1. The van der Waals surface area contributed by atoms with Crippen LogP contribution in [-0.4, -0.2) is 35.9 Å². The van der Waals surface area contributed by atoms with E-state index in [1.165, 1.54) is 0 Å². The molecule has 0 aromatic heterocycles. The first kappa shape index (κ1) is 15.3. The van der Waals surface area contributed by atoms with Crippen molar-refractivity contribution in [2.45, 2.75) is 31.7 Å². The third-order valence-corrected chi connectivity index (χ3v) is 4.09. The Kier molecular flexibility index (Phi) is 7.16. The Hall–Kier alpha value is -0.710. The molecule has 1 rings (SSSR count). The number of para-hydroxylation sites is 1. The zero-order valence-corrected chi connectivity index (χ0v) is 12.2. The molecule has 0 fully saturated rings. The molecule has 0 spiro atoms. The number of aliphatic hydroxyl groups is 1. The third-order valence-electron chi connectivity index (χ3n) is 2.93. The molecule has 18 heavy (non-hydrogen) atoms. The molecule has 1 aromatic rings. The average Bonchev–Trinajstić information content (AvgIpc) is 2.39. The Bertz CT molecular complexity index is 342. The van der Waals surface area contributed by atoms with E-state index in [-0.39, 0.29) is 17.9 Å². The predicted molar refractivity (Wildman–Crippen MR) is 78.3 cm³/mol. The van der Waals surface area contributed by atoms with Crippen LogP contribution in [-0.2, 0) is 6.54 Å². The van der Waals surface area contributed by atoms with Gasteiger partial charge in [-0.15, -0.1) is 0 Å². The molecule has 4 heteroatoms. The minimum absolute atomic E-state index is 0.197. The summed E-state index contributed by atoms with van der Waals surface area (Å²) in [6, 6.07) is 8.32. The highest BCUT2D eigenvalue weighted by Gasteiger charge is 2.14. The van der Waals surface area contributed by atoms with Gasteiger partial charge in [-0.2, -0.15) is 11.8 Å². The summed E-state index contributed by atoms with van der Waals surface area (Å²) < 4.78 is 5.59. The molecule has 0 saturated carbocycles. The molecular weight excluding hydrogens is 246 g/mol. The molecule has 0 radical (unpaired) electrons. The van der Waals surface area contributed by atoms with Gasteiger partial charge in [0.15, 0.2) is 0 Å². The van der Waals surface area contributed by atoms with Gasteiger partial charge in [-0.05, 0) is 26.2 Å². The van der Waals surface area contributed by atoms with Gasteiger partial charge in [0.2, 0.25) is 0 Å². The fourth-order valence-electron chi connectivity index (χ4n) is 1.79. The number of hydrogen-bond acceptors (Lipinski definition) is 4.